The van der Waals surface area contributed by atoms with Gasteiger partial charge in [0, 0.05) is 10.8 Å². The van der Waals surface area contributed by atoms with Gasteiger partial charge in [0.1, 0.15) is 5.82 Å². The highest BCUT2D eigenvalue weighted by atomic mass is 32.2. The Morgan fingerprint density at radius 1 is 1.14 bits per heavy atom. The minimum absolute atomic E-state index is 0.0938. The Morgan fingerprint density at radius 3 is 2.59 bits per heavy atom. The molecule has 4 rings (SSSR count). The van der Waals surface area contributed by atoms with Gasteiger partial charge in [-0.2, -0.15) is 8.78 Å². The Balaban J connectivity index is 1.43. The first-order chi connectivity index (χ1) is 14.1. The van der Waals surface area contributed by atoms with E-state index in [4.69, 9.17) is 0 Å². The standard InChI is InChI=1S/C20H18F2N4OS2/c21-19(22)29-16-9-5-4-8-15(16)23-17(27)12-28-20-24-18(13-10-11-13)26(25-20)14-6-2-1-3-7-14/h1-9,13,19H,10-12H2,(H,23,27). The average molecular weight is 433 g/mol. The highest BCUT2D eigenvalue weighted by Crippen LogP contribution is 2.40. The van der Waals surface area contributed by atoms with E-state index in [0.29, 0.717) is 33.4 Å². The molecule has 5 nitrogen and oxygen atoms in total. The van der Waals surface area contributed by atoms with Crippen LogP contribution in [0.1, 0.15) is 24.6 Å². The van der Waals surface area contributed by atoms with Gasteiger partial charge in [0.25, 0.3) is 5.76 Å². The van der Waals surface area contributed by atoms with Crippen molar-refractivity contribution in [1.82, 2.24) is 14.8 Å². The summed E-state index contributed by atoms with van der Waals surface area (Å²) in [5.41, 5.74) is 1.32. The zero-order valence-corrected chi connectivity index (χ0v) is 16.9. The van der Waals surface area contributed by atoms with Gasteiger partial charge >= 0.3 is 0 Å². The lowest BCUT2D eigenvalue weighted by Gasteiger charge is -2.09. The molecule has 1 amide bonds. The number of rotatable bonds is 8. The van der Waals surface area contributed by atoms with E-state index >= 15 is 0 Å². The second kappa shape index (κ2) is 8.96. The number of thioether (sulfide) groups is 2. The molecule has 1 heterocycles. The number of hydrogen-bond donors (Lipinski definition) is 1. The Kier molecular flexibility index (Phi) is 6.15. The predicted molar refractivity (Wildman–Crippen MR) is 111 cm³/mol. The predicted octanol–water partition coefficient (Wildman–Crippen LogP) is 5.19. The van der Waals surface area contributed by atoms with Crippen LogP contribution in [0.5, 0.6) is 0 Å². The summed E-state index contributed by atoms with van der Waals surface area (Å²) in [6.45, 7) is 0. The van der Waals surface area contributed by atoms with E-state index in [1.54, 1.807) is 24.3 Å². The van der Waals surface area contributed by atoms with Crippen LogP contribution in [-0.4, -0.2) is 32.2 Å². The molecular weight excluding hydrogens is 414 g/mol. The summed E-state index contributed by atoms with van der Waals surface area (Å²) < 4.78 is 27.2. The van der Waals surface area contributed by atoms with Gasteiger partial charge in [0.15, 0.2) is 0 Å². The van der Waals surface area contributed by atoms with Crippen molar-refractivity contribution in [3.8, 4) is 5.69 Å². The summed E-state index contributed by atoms with van der Waals surface area (Å²) in [7, 11) is 0. The van der Waals surface area contributed by atoms with Crippen molar-refractivity contribution >= 4 is 35.1 Å². The molecule has 2 aromatic carbocycles. The highest BCUT2D eigenvalue weighted by molar-refractivity contribution is 8.00. The minimum Gasteiger partial charge on any atom is -0.324 e. The number of nitrogens with one attached hydrogen (secondary N) is 1. The SMILES string of the molecule is O=C(CSc1nc(C2CC2)n(-c2ccccc2)n1)Nc1ccccc1SC(F)F. The van der Waals surface area contributed by atoms with E-state index in [9.17, 15) is 13.6 Å². The second-order valence-corrected chi connectivity index (χ2v) is 8.46. The number of anilines is 1. The fraction of sp³-hybridized carbons (Fsp3) is 0.250. The van der Waals surface area contributed by atoms with E-state index in [1.165, 1.54) is 11.8 Å². The van der Waals surface area contributed by atoms with Gasteiger partial charge in [-0.05, 0) is 37.1 Å². The number of carbonyl (C=O) groups excluding carboxylic acids is 1. The summed E-state index contributed by atoms with van der Waals surface area (Å²) in [6.07, 6.45) is 2.18. The van der Waals surface area contributed by atoms with Crippen molar-refractivity contribution in [3.05, 3.63) is 60.4 Å². The fourth-order valence-corrected chi connectivity index (χ4v) is 4.04. The number of nitrogens with zero attached hydrogens (tertiary/aromatic N) is 3. The van der Waals surface area contributed by atoms with E-state index in [0.717, 1.165) is 24.4 Å². The minimum atomic E-state index is -2.55. The van der Waals surface area contributed by atoms with Crippen LogP contribution >= 0.6 is 23.5 Å². The molecule has 1 aromatic heterocycles. The normalized spacial score (nSPS) is 13.6. The molecular formula is C20H18F2N4OS2. The Hall–Kier alpha value is -2.39. The zero-order chi connectivity index (χ0) is 20.2. The first-order valence-corrected chi connectivity index (χ1v) is 11.0. The van der Waals surface area contributed by atoms with Crippen LogP contribution in [0.2, 0.25) is 0 Å². The molecule has 1 aliphatic rings. The number of aromatic nitrogens is 3. The summed E-state index contributed by atoms with van der Waals surface area (Å²) in [5.74, 6) is -1.42. The summed E-state index contributed by atoms with van der Waals surface area (Å²) in [4.78, 5) is 17.3. The maximum Gasteiger partial charge on any atom is 0.288 e. The zero-order valence-electron chi connectivity index (χ0n) is 15.3. The van der Waals surface area contributed by atoms with Gasteiger partial charge in [0.2, 0.25) is 11.1 Å². The molecule has 3 aromatic rings. The number of amides is 1. The quantitative estimate of drug-likeness (QED) is 0.497. The molecule has 0 aliphatic heterocycles. The Bertz CT molecular complexity index is 993. The lowest BCUT2D eigenvalue weighted by Crippen LogP contribution is -2.14. The molecule has 1 N–H and O–H groups in total. The summed E-state index contributed by atoms with van der Waals surface area (Å²) in [6, 6.07) is 16.3. The number of carbonyl (C=O) groups is 1. The average Bonchev–Trinajstić information content (AvgIpc) is 3.47. The molecule has 0 saturated heterocycles. The van der Waals surface area contributed by atoms with Crippen LogP contribution in [0.4, 0.5) is 14.5 Å². The topological polar surface area (TPSA) is 59.8 Å². The third-order valence-electron chi connectivity index (χ3n) is 4.27. The van der Waals surface area contributed by atoms with E-state index in [1.807, 2.05) is 35.0 Å². The van der Waals surface area contributed by atoms with Gasteiger partial charge in [-0.3, -0.25) is 4.79 Å². The van der Waals surface area contributed by atoms with Gasteiger partial charge in [-0.25, -0.2) is 9.67 Å². The van der Waals surface area contributed by atoms with E-state index in [2.05, 4.69) is 15.4 Å². The van der Waals surface area contributed by atoms with Crippen LogP contribution in [0.15, 0.2) is 64.6 Å². The van der Waals surface area contributed by atoms with Crippen molar-refractivity contribution in [1.29, 1.82) is 0 Å². The van der Waals surface area contributed by atoms with Crippen LogP contribution in [0.25, 0.3) is 5.69 Å². The lowest BCUT2D eigenvalue weighted by molar-refractivity contribution is -0.113. The number of para-hydroxylation sites is 2. The largest absolute Gasteiger partial charge is 0.324 e. The molecule has 1 aliphatic carbocycles. The molecule has 1 fully saturated rings. The number of halogens is 2. The van der Waals surface area contributed by atoms with Crippen molar-refractivity contribution in [2.75, 3.05) is 11.1 Å². The molecule has 29 heavy (non-hydrogen) atoms. The highest BCUT2D eigenvalue weighted by Gasteiger charge is 2.30. The number of benzene rings is 2. The molecule has 0 unspecified atom stereocenters. The van der Waals surface area contributed by atoms with Crippen LogP contribution in [-0.2, 0) is 4.79 Å². The molecule has 0 atom stereocenters. The molecule has 0 spiro atoms. The van der Waals surface area contributed by atoms with Crippen molar-refractivity contribution in [2.24, 2.45) is 0 Å². The number of alkyl halides is 2. The smallest absolute Gasteiger partial charge is 0.288 e. The van der Waals surface area contributed by atoms with Crippen LogP contribution in [0.3, 0.4) is 0 Å². The molecule has 150 valence electrons. The molecule has 1 saturated carbocycles. The van der Waals surface area contributed by atoms with Gasteiger partial charge < -0.3 is 5.32 Å². The monoisotopic (exact) mass is 432 g/mol. The lowest BCUT2D eigenvalue weighted by atomic mass is 10.3. The van der Waals surface area contributed by atoms with Gasteiger partial charge in [-0.1, -0.05) is 53.9 Å². The van der Waals surface area contributed by atoms with E-state index in [-0.39, 0.29) is 11.7 Å². The van der Waals surface area contributed by atoms with Crippen molar-refractivity contribution < 1.29 is 13.6 Å². The van der Waals surface area contributed by atoms with Crippen molar-refractivity contribution in [3.63, 3.8) is 0 Å². The van der Waals surface area contributed by atoms with Crippen molar-refractivity contribution in [2.45, 2.75) is 34.6 Å². The number of hydrogen-bond acceptors (Lipinski definition) is 5. The fourth-order valence-electron chi connectivity index (χ4n) is 2.82. The Labute approximate surface area is 175 Å². The second-order valence-electron chi connectivity index (χ2n) is 6.49. The van der Waals surface area contributed by atoms with Crippen LogP contribution < -0.4 is 5.32 Å². The van der Waals surface area contributed by atoms with E-state index < -0.39 is 5.76 Å². The molecule has 0 bridgehead atoms. The first kappa shape index (κ1) is 19.9. The maximum absolute atomic E-state index is 12.7. The summed E-state index contributed by atoms with van der Waals surface area (Å²) in [5, 5.41) is 7.79. The molecule has 0 radical (unpaired) electrons. The maximum atomic E-state index is 12.7. The van der Waals surface area contributed by atoms with Crippen LogP contribution in [0, 0.1) is 0 Å². The Morgan fingerprint density at radius 2 is 1.86 bits per heavy atom. The van der Waals surface area contributed by atoms with Gasteiger partial charge in [0.05, 0.1) is 17.1 Å². The third-order valence-corrected chi connectivity index (χ3v) is 5.89. The van der Waals surface area contributed by atoms with Gasteiger partial charge in [-0.15, -0.1) is 5.10 Å². The molecule has 9 heteroatoms. The third kappa shape index (κ3) is 5.16. The summed E-state index contributed by atoms with van der Waals surface area (Å²) >= 11 is 1.64. The first-order valence-electron chi connectivity index (χ1n) is 9.09.